The minimum absolute atomic E-state index is 0.0794. The van der Waals surface area contributed by atoms with Gasteiger partial charge in [-0.05, 0) is 64.3 Å². The molecule has 7 heteroatoms. The average Bonchev–Trinajstić information content (AvgIpc) is 3.15. The molecule has 1 aromatic heterocycles. The highest BCUT2D eigenvalue weighted by Crippen LogP contribution is 2.18. The molecule has 0 saturated heterocycles. The molecule has 0 unspecified atom stereocenters. The summed E-state index contributed by atoms with van der Waals surface area (Å²) < 4.78 is 13.7. The Hall–Kier alpha value is -2.80. The van der Waals surface area contributed by atoms with E-state index in [-0.39, 0.29) is 5.91 Å². The van der Waals surface area contributed by atoms with Crippen LogP contribution < -0.4 is 14.8 Å². The summed E-state index contributed by atoms with van der Waals surface area (Å²) in [6.45, 7) is 1.79. The number of methoxy groups -OCH3 is 1. The van der Waals surface area contributed by atoms with Gasteiger partial charge in [0.2, 0.25) is 0 Å². The van der Waals surface area contributed by atoms with Crippen molar-refractivity contribution in [2.45, 2.75) is 19.6 Å². The first kappa shape index (κ1) is 19.9. The van der Waals surface area contributed by atoms with Gasteiger partial charge in [-0.3, -0.25) is 9.48 Å². The van der Waals surface area contributed by atoms with Crippen LogP contribution in [0.5, 0.6) is 11.5 Å². The van der Waals surface area contributed by atoms with Crippen LogP contribution >= 0.6 is 15.9 Å². The van der Waals surface area contributed by atoms with Crippen LogP contribution in [-0.4, -0.2) is 29.3 Å². The van der Waals surface area contributed by atoms with E-state index in [0.717, 1.165) is 34.5 Å². The number of nitrogens with zero attached hydrogens (tertiary/aromatic N) is 2. The topological polar surface area (TPSA) is 65.4 Å². The first-order valence-electron chi connectivity index (χ1n) is 8.96. The van der Waals surface area contributed by atoms with Gasteiger partial charge in [0.05, 0.1) is 17.8 Å². The molecule has 0 aliphatic heterocycles. The van der Waals surface area contributed by atoms with E-state index in [9.17, 15) is 4.79 Å². The normalized spacial score (nSPS) is 10.5. The second-order valence-corrected chi connectivity index (χ2v) is 7.11. The molecule has 0 fully saturated rings. The second-order valence-electron chi connectivity index (χ2n) is 6.19. The third kappa shape index (κ3) is 5.85. The number of halogens is 1. The zero-order valence-electron chi connectivity index (χ0n) is 15.6. The largest absolute Gasteiger partial charge is 0.497 e. The fourth-order valence-corrected chi connectivity index (χ4v) is 2.92. The predicted molar refractivity (Wildman–Crippen MR) is 111 cm³/mol. The Morgan fingerprint density at radius 1 is 1.11 bits per heavy atom. The molecule has 0 aliphatic rings. The van der Waals surface area contributed by atoms with E-state index < -0.39 is 0 Å². The van der Waals surface area contributed by atoms with Crippen LogP contribution in [0.2, 0.25) is 0 Å². The maximum Gasteiger partial charge on any atom is 0.251 e. The predicted octanol–water partition coefficient (Wildman–Crippen LogP) is 4.05. The molecule has 2 aromatic carbocycles. The maximum atomic E-state index is 12.2. The Labute approximate surface area is 172 Å². The van der Waals surface area contributed by atoms with Crippen molar-refractivity contribution >= 4 is 21.8 Å². The van der Waals surface area contributed by atoms with E-state index in [1.807, 2.05) is 59.4 Å². The van der Waals surface area contributed by atoms with E-state index >= 15 is 0 Å². The van der Waals surface area contributed by atoms with Gasteiger partial charge in [-0.1, -0.05) is 12.1 Å². The average molecular weight is 444 g/mol. The molecule has 0 saturated carbocycles. The number of nitrogens with one attached hydrogen (secondary N) is 1. The van der Waals surface area contributed by atoms with E-state index in [1.165, 1.54) is 0 Å². The number of carbonyl (C=O) groups excluding carboxylic acids is 1. The van der Waals surface area contributed by atoms with Gasteiger partial charge in [-0.2, -0.15) is 5.10 Å². The molecule has 3 aromatic rings. The summed E-state index contributed by atoms with van der Waals surface area (Å²) in [6.07, 6.45) is 4.47. The standard InChI is InChI=1S/C21H22BrN3O3/c1-27-19-7-9-20(10-8-19)28-15-16-3-5-17(6-4-16)21(26)23-11-2-12-25-14-18(22)13-24-25/h3-10,13-14H,2,11-12,15H2,1H3,(H,23,26). The van der Waals surface area contributed by atoms with Crippen molar-refractivity contribution in [2.24, 2.45) is 0 Å². The van der Waals surface area contributed by atoms with E-state index in [1.54, 1.807) is 13.3 Å². The van der Waals surface area contributed by atoms with Crippen molar-refractivity contribution in [2.75, 3.05) is 13.7 Å². The number of aryl methyl sites for hydroxylation is 1. The zero-order chi connectivity index (χ0) is 19.8. The molecule has 0 aliphatic carbocycles. The lowest BCUT2D eigenvalue weighted by Crippen LogP contribution is -2.25. The highest BCUT2D eigenvalue weighted by molar-refractivity contribution is 9.10. The van der Waals surface area contributed by atoms with Crippen LogP contribution in [0.25, 0.3) is 0 Å². The van der Waals surface area contributed by atoms with Crippen molar-refractivity contribution in [3.63, 3.8) is 0 Å². The summed E-state index contributed by atoms with van der Waals surface area (Å²) in [5, 5.41) is 7.12. The Morgan fingerprint density at radius 2 is 1.82 bits per heavy atom. The second kappa shape index (κ2) is 9.94. The summed E-state index contributed by atoms with van der Waals surface area (Å²) >= 11 is 3.36. The third-order valence-electron chi connectivity index (χ3n) is 4.13. The molecule has 1 N–H and O–H groups in total. The van der Waals surface area contributed by atoms with Crippen molar-refractivity contribution in [3.05, 3.63) is 76.5 Å². The van der Waals surface area contributed by atoms with Gasteiger partial charge in [0.25, 0.3) is 5.91 Å². The quantitative estimate of drug-likeness (QED) is 0.506. The fourth-order valence-electron chi connectivity index (χ4n) is 2.60. The van der Waals surface area contributed by atoms with Crippen LogP contribution in [0, 0.1) is 0 Å². The lowest BCUT2D eigenvalue weighted by atomic mass is 10.1. The smallest absolute Gasteiger partial charge is 0.251 e. The molecular formula is C21H22BrN3O3. The van der Waals surface area contributed by atoms with Crippen molar-refractivity contribution in [3.8, 4) is 11.5 Å². The van der Waals surface area contributed by atoms with Gasteiger partial charge in [-0.25, -0.2) is 0 Å². The first-order valence-corrected chi connectivity index (χ1v) is 9.75. The molecule has 3 rings (SSSR count). The summed E-state index contributed by atoms with van der Waals surface area (Å²) in [4.78, 5) is 12.2. The number of hydrogen-bond donors (Lipinski definition) is 1. The highest BCUT2D eigenvalue weighted by Gasteiger charge is 2.05. The van der Waals surface area contributed by atoms with Crippen LogP contribution in [0.1, 0.15) is 22.3 Å². The summed E-state index contributed by atoms with van der Waals surface area (Å²) in [7, 11) is 1.63. The molecule has 146 valence electrons. The van der Waals surface area contributed by atoms with Gasteiger partial charge in [0.15, 0.2) is 0 Å². The van der Waals surface area contributed by atoms with Crippen LogP contribution in [0.3, 0.4) is 0 Å². The Balaban J connectivity index is 1.41. The number of rotatable bonds is 9. The summed E-state index contributed by atoms with van der Waals surface area (Å²) in [6, 6.07) is 14.9. The van der Waals surface area contributed by atoms with Crippen LogP contribution in [0.4, 0.5) is 0 Å². The first-order chi connectivity index (χ1) is 13.6. The summed E-state index contributed by atoms with van der Waals surface area (Å²) in [5.41, 5.74) is 1.63. The van der Waals surface area contributed by atoms with Crippen molar-refractivity contribution in [1.29, 1.82) is 0 Å². The third-order valence-corrected chi connectivity index (χ3v) is 4.54. The molecule has 28 heavy (non-hydrogen) atoms. The van der Waals surface area contributed by atoms with Crippen LogP contribution in [-0.2, 0) is 13.2 Å². The lowest BCUT2D eigenvalue weighted by molar-refractivity contribution is 0.0952. The van der Waals surface area contributed by atoms with Gasteiger partial charge >= 0.3 is 0 Å². The van der Waals surface area contributed by atoms with Gasteiger partial charge in [-0.15, -0.1) is 0 Å². The zero-order valence-corrected chi connectivity index (χ0v) is 17.2. The van der Waals surface area contributed by atoms with Gasteiger partial charge < -0.3 is 14.8 Å². The fraction of sp³-hybridized carbons (Fsp3) is 0.238. The molecular weight excluding hydrogens is 422 g/mol. The monoisotopic (exact) mass is 443 g/mol. The molecule has 6 nitrogen and oxygen atoms in total. The number of carbonyl (C=O) groups is 1. The number of benzene rings is 2. The summed E-state index contributed by atoms with van der Waals surface area (Å²) in [5.74, 6) is 1.48. The van der Waals surface area contributed by atoms with E-state index in [4.69, 9.17) is 9.47 Å². The van der Waals surface area contributed by atoms with Crippen LogP contribution in [0.15, 0.2) is 65.4 Å². The van der Waals surface area contributed by atoms with Gasteiger partial charge in [0, 0.05) is 24.8 Å². The molecule has 0 atom stereocenters. The van der Waals surface area contributed by atoms with Crippen molar-refractivity contribution in [1.82, 2.24) is 15.1 Å². The number of hydrogen-bond acceptors (Lipinski definition) is 4. The molecule has 0 bridgehead atoms. The number of aromatic nitrogens is 2. The minimum Gasteiger partial charge on any atom is -0.497 e. The molecule has 0 spiro atoms. The number of amides is 1. The molecule has 1 heterocycles. The molecule has 1 amide bonds. The van der Waals surface area contributed by atoms with E-state index in [2.05, 4.69) is 26.3 Å². The minimum atomic E-state index is -0.0794. The van der Waals surface area contributed by atoms with Crippen molar-refractivity contribution < 1.29 is 14.3 Å². The Morgan fingerprint density at radius 3 is 2.46 bits per heavy atom. The maximum absolute atomic E-state index is 12.2. The SMILES string of the molecule is COc1ccc(OCc2ccc(C(=O)NCCCn3cc(Br)cn3)cc2)cc1. The van der Waals surface area contributed by atoms with E-state index in [0.29, 0.717) is 18.7 Å². The lowest BCUT2D eigenvalue weighted by Gasteiger charge is -2.09. The Kier molecular flexibility index (Phi) is 7.08. The molecule has 0 radical (unpaired) electrons. The number of ether oxygens (including phenoxy) is 2. The Bertz CT molecular complexity index is 892. The highest BCUT2D eigenvalue weighted by atomic mass is 79.9. The van der Waals surface area contributed by atoms with Gasteiger partial charge in [0.1, 0.15) is 18.1 Å².